The van der Waals surface area contributed by atoms with Gasteiger partial charge in [0, 0.05) is 5.69 Å². The van der Waals surface area contributed by atoms with Crippen LogP contribution in [0.1, 0.15) is 18.3 Å². The first kappa shape index (κ1) is 17.8. The van der Waals surface area contributed by atoms with E-state index in [1.165, 1.54) is 0 Å². The molecule has 1 amide bonds. The molecular formula is C19H22N6O. The maximum atomic E-state index is 12.4. The van der Waals surface area contributed by atoms with E-state index in [1.54, 1.807) is 4.68 Å². The van der Waals surface area contributed by atoms with E-state index in [1.807, 2.05) is 66.5 Å². The van der Waals surface area contributed by atoms with Gasteiger partial charge in [-0.3, -0.25) is 9.69 Å². The number of aryl methyl sites for hydroxylation is 1. The highest BCUT2D eigenvalue weighted by molar-refractivity contribution is 5.92. The second-order valence-corrected chi connectivity index (χ2v) is 6.07. The molecule has 0 aliphatic rings. The second-order valence-electron chi connectivity index (χ2n) is 6.07. The van der Waals surface area contributed by atoms with Gasteiger partial charge in [-0.25, -0.2) is 0 Å². The van der Waals surface area contributed by atoms with Gasteiger partial charge in [-0.1, -0.05) is 43.3 Å². The lowest BCUT2D eigenvalue weighted by Crippen LogP contribution is -2.31. The van der Waals surface area contributed by atoms with Crippen molar-refractivity contribution in [1.82, 2.24) is 25.1 Å². The largest absolute Gasteiger partial charge is 0.325 e. The van der Waals surface area contributed by atoms with Crippen LogP contribution in [0.25, 0.3) is 5.69 Å². The fourth-order valence-electron chi connectivity index (χ4n) is 2.76. The predicted molar refractivity (Wildman–Crippen MR) is 99.9 cm³/mol. The summed E-state index contributed by atoms with van der Waals surface area (Å²) in [5.41, 5.74) is 2.88. The van der Waals surface area contributed by atoms with Crippen molar-refractivity contribution in [3.8, 4) is 5.69 Å². The molecule has 0 saturated heterocycles. The first-order chi connectivity index (χ1) is 12.7. The quantitative estimate of drug-likeness (QED) is 0.707. The van der Waals surface area contributed by atoms with Crippen LogP contribution in [0.4, 0.5) is 5.69 Å². The Morgan fingerprint density at radius 1 is 1.12 bits per heavy atom. The molecule has 0 bridgehead atoms. The number of hydrogen-bond acceptors (Lipinski definition) is 5. The summed E-state index contributed by atoms with van der Waals surface area (Å²) in [7, 11) is 1.87. The van der Waals surface area contributed by atoms with Gasteiger partial charge in [0.1, 0.15) is 0 Å². The zero-order valence-corrected chi connectivity index (χ0v) is 15.0. The number of carbonyl (C=O) groups excluding carboxylic acids is 1. The molecule has 0 fully saturated rings. The molecule has 0 spiro atoms. The number of likely N-dealkylation sites (N-methyl/N-ethyl adjacent to an activating group) is 1. The minimum atomic E-state index is -0.0628. The summed E-state index contributed by atoms with van der Waals surface area (Å²) in [6.45, 7) is 2.78. The fourth-order valence-corrected chi connectivity index (χ4v) is 2.76. The van der Waals surface area contributed by atoms with Gasteiger partial charge in [0.15, 0.2) is 5.82 Å². The molecule has 3 aromatic rings. The highest BCUT2D eigenvalue weighted by Gasteiger charge is 2.14. The minimum Gasteiger partial charge on any atom is -0.325 e. The van der Waals surface area contributed by atoms with E-state index in [-0.39, 0.29) is 12.5 Å². The lowest BCUT2D eigenvalue weighted by atomic mass is 10.1. The van der Waals surface area contributed by atoms with E-state index < -0.39 is 0 Å². The first-order valence-corrected chi connectivity index (χ1v) is 8.56. The molecule has 1 aromatic heterocycles. The van der Waals surface area contributed by atoms with E-state index in [9.17, 15) is 4.79 Å². The standard InChI is InChI=1S/C19H22N6O/c1-3-15-9-7-8-12-17(15)20-19(26)14-24(2)13-18-21-22-23-25(18)16-10-5-4-6-11-16/h4-12H,3,13-14H2,1-2H3,(H,20,26). The van der Waals surface area contributed by atoms with Gasteiger partial charge in [-0.05, 0) is 47.7 Å². The van der Waals surface area contributed by atoms with Crippen LogP contribution in [0.2, 0.25) is 0 Å². The molecule has 0 aliphatic heterocycles. The van der Waals surface area contributed by atoms with Crippen molar-refractivity contribution >= 4 is 11.6 Å². The number of anilines is 1. The molecule has 1 N–H and O–H groups in total. The average Bonchev–Trinajstić information content (AvgIpc) is 3.10. The van der Waals surface area contributed by atoms with Crippen LogP contribution in [-0.2, 0) is 17.8 Å². The summed E-state index contributed by atoms with van der Waals surface area (Å²) in [5.74, 6) is 0.618. The summed E-state index contributed by atoms with van der Waals surface area (Å²) in [6.07, 6.45) is 0.873. The topological polar surface area (TPSA) is 75.9 Å². The lowest BCUT2D eigenvalue weighted by molar-refractivity contribution is -0.117. The van der Waals surface area contributed by atoms with Crippen molar-refractivity contribution in [2.75, 3.05) is 18.9 Å². The van der Waals surface area contributed by atoms with Crippen LogP contribution >= 0.6 is 0 Å². The van der Waals surface area contributed by atoms with Crippen molar-refractivity contribution in [2.24, 2.45) is 0 Å². The third-order valence-electron chi connectivity index (χ3n) is 4.03. The number of tetrazole rings is 1. The molecule has 7 nitrogen and oxygen atoms in total. The summed E-state index contributed by atoms with van der Waals surface area (Å²) in [5, 5.41) is 14.9. The molecular weight excluding hydrogens is 328 g/mol. The van der Waals surface area contributed by atoms with Gasteiger partial charge in [-0.2, -0.15) is 4.68 Å². The van der Waals surface area contributed by atoms with Crippen LogP contribution < -0.4 is 5.32 Å². The molecule has 7 heteroatoms. The Morgan fingerprint density at radius 3 is 2.62 bits per heavy atom. The highest BCUT2D eigenvalue weighted by Crippen LogP contribution is 2.15. The van der Waals surface area contributed by atoms with Crippen molar-refractivity contribution in [3.05, 3.63) is 66.0 Å². The third kappa shape index (κ3) is 4.31. The Morgan fingerprint density at radius 2 is 1.85 bits per heavy atom. The van der Waals surface area contributed by atoms with Gasteiger partial charge in [-0.15, -0.1) is 5.10 Å². The van der Waals surface area contributed by atoms with Gasteiger partial charge < -0.3 is 5.32 Å². The van der Waals surface area contributed by atoms with E-state index in [4.69, 9.17) is 0 Å². The third-order valence-corrected chi connectivity index (χ3v) is 4.03. The monoisotopic (exact) mass is 350 g/mol. The van der Waals surface area contributed by atoms with E-state index in [0.717, 1.165) is 23.4 Å². The van der Waals surface area contributed by atoms with Crippen LogP contribution in [0.5, 0.6) is 0 Å². The van der Waals surface area contributed by atoms with Crippen molar-refractivity contribution in [2.45, 2.75) is 19.9 Å². The van der Waals surface area contributed by atoms with Gasteiger partial charge >= 0.3 is 0 Å². The molecule has 0 saturated carbocycles. The molecule has 0 atom stereocenters. The number of amides is 1. The van der Waals surface area contributed by atoms with Gasteiger partial charge in [0.2, 0.25) is 5.91 Å². The van der Waals surface area contributed by atoms with Crippen molar-refractivity contribution < 1.29 is 4.79 Å². The Bertz CT molecular complexity index is 861. The van der Waals surface area contributed by atoms with Crippen molar-refractivity contribution in [1.29, 1.82) is 0 Å². The van der Waals surface area contributed by atoms with E-state index >= 15 is 0 Å². The highest BCUT2D eigenvalue weighted by atomic mass is 16.2. The van der Waals surface area contributed by atoms with Crippen LogP contribution in [-0.4, -0.2) is 44.6 Å². The van der Waals surface area contributed by atoms with Crippen molar-refractivity contribution in [3.63, 3.8) is 0 Å². The number of para-hydroxylation sites is 2. The van der Waals surface area contributed by atoms with E-state index in [2.05, 4.69) is 27.8 Å². The Kier molecular flexibility index (Phi) is 5.70. The minimum absolute atomic E-state index is 0.0628. The zero-order chi connectivity index (χ0) is 18.4. The first-order valence-electron chi connectivity index (χ1n) is 8.56. The maximum absolute atomic E-state index is 12.4. The van der Waals surface area contributed by atoms with Crippen LogP contribution in [0.3, 0.4) is 0 Å². The number of nitrogens with zero attached hydrogens (tertiary/aromatic N) is 5. The van der Waals surface area contributed by atoms with Gasteiger partial charge in [0.05, 0.1) is 18.8 Å². The Hall–Kier alpha value is -3.06. The lowest BCUT2D eigenvalue weighted by Gasteiger charge is -2.16. The Balaban J connectivity index is 1.62. The molecule has 2 aromatic carbocycles. The van der Waals surface area contributed by atoms with Gasteiger partial charge in [0.25, 0.3) is 0 Å². The predicted octanol–water partition coefficient (Wildman–Crippen LogP) is 2.30. The fraction of sp³-hybridized carbons (Fsp3) is 0.263. The maximum Gasteiger partial charge on any atom is 0.238 e. The molecule has 0 radical (unpaired) electrons. The van der Waals surface area contributed by atoms with E-state index in [0.29, 0.717) is 12.4 Å². The second kappa shape index (κ2) is 8.35. The number of carbonyl (C=O) groups is 1. The average molecular weight is 350 g/mol. The zero-order valence-electron chi connectivity index (χ0n) is 15.0. The summed E-state index contributed by atoms with van der Waals surface area (Å²) < 4.78 is 1.68. The number of aromatic nitrogens is 4. The summed E-state index contributed by atoms with van der Waals surface area (Å²) in [4.78, 5) is 14.2. The Labute approximate surface area is 152 Å². The molecule has 26 heavy (non-hydrogen) atoms. The number of rotatable bonds is 7. The smallest absolute Gasteiger partial charge is 0.238 e. The summed E-state index contributed by atoms with van der Waals surface area (Å²) >= 11 is 0. The summed E-state index contributed by atoms with van der Waals surface area (Å²) in [6, 6.07) is 17.5. The van der Waals surface area contributed by atoms with Crippen LogP contribution in [0.15, 0.2) is 54.6 Å². The number of benzene rings is 2. The normalized spacial score (nSPS) is 10.9. The molecule has 0 aliphatic carbocycles. The molecule has 0 unspecified atom stereocenters. The number of nitrogens with one attached hydrogen (secondary N) is 1. The molecule has 1 heterocycles. The molecule has 134 valence electrons. The SMILES string of the molecule is CCc1ccccc1NC(=O)CN(C)Cc1nnnn1-c1ccccc1. The molecule has 3 rings (SSSR count). The van der Waals surface area contributed by atoms with Crippen LogP contribution in [0, 0.1) is 0 Å². The number of hydrogen-bond donors (Lipinski definition) is 1.